The van der Waals surface area contributed by atoms with E-state index < -0.39 is 24.3 Å². The molecule has 0 aliphatic carbocycles. The number of ether oxygens (including phenoxy) is 4. The van der Waals surface area contributed by atoms with Gasteiger partial charge in [0, 0.05) is 12.8 Å². The van der Waals surface area contributed by atoms with Gasteiger partial charge in [-0.3, -0.25) is 9.59 Å². The van der Waals surface area contributed by atoms with Crippen LogP contribution in [0.2, 0.25) is 0 Å². The average Bonchev–Trinajstić information content (AvgIpc) is 3.64. The van der Waals surface area contributed by atoms with Crippen LogP contribution in [0, 0.1) is 0 Å². The van der Waals surface area contributed by atoms with Gasteiger partial charge < -0.3 is 28.5 Å². The van der Waals surface area contributed by atoms with Gasteiger partial charge in [0.15, 0.2) is 6.10 Å². The fourth-order valence-corrected chi connectivity index (χ4v) is 10.6. The van der Waals surface area contributed by atoms with Crippen LogP contribution in [-0.4, -0.2) is 87.4 Å². The number of aliphatic carboxylic acids is 1. The van der Waals surface area contributed by atoms with Crippen molar-refractivity contribution in [1.82, 2.24) is 0 Å². The van der Waals surface area contributed by atoms with E-state index in [0.717, 1.165) is 83.5 Å². The van der Waals surface area contributed by atoms with Crippen LogP contribution in [0.3, 0.4) is 0 Å². The van der Waals surface area contributed by atoms with Crippen molar-refractivity contribution in [1.29, 1.82) is 0 Å². The molecule has 1 N–H and O–H groups in total. The monoisotopic (exact) mass is 1250 g/mol. The smallest absolute Gasteiger partial charge is 0.361 e. The zero-order valence-corrected chi connectivity index (χ0v) is 58.8. The van der Waals surface area contributed by atoms with Gasteiger partial charge in [0.25, 0.3) is 6.29 Å². The zero-order chi connectivity index (χ0) is 64.7. The molecule has 0 aliphatic rings. The summed E-state index contributed by atoms with van der Waals surface area (Å²) in [6, 6.07) is 0. The standard InChI is InChI=1S/C80H141NO8/c1-6-8-10-12-14-16-18-20-22-24-26-28-30-32-33-34-35-36-37-38-39-40-41-42-43-44-45-47-49-51-53-55-57-59-61-63-65-67-69-71-78(83)89-76(75-88-80(79(84)85)86-73-72-81(3,4)5)74-87-77(82)70-68-66-64-62-60-58-56-54-52-50-48-46-31-29-27-25-23-21-19-17-15-13-11-9-7-2/h8,10,14,16,19-22,25-28,32-33,35-36,76,80H,6-7,9,11-13,15,17-18,23-24,29-31,34,37-75H2,1-5H3/p+1/b10-8-,16-14-,21-19-,22-20-,27-25-,28-26-,33-32-,36-35-. The minimum absolute atomic E-state index is 0.181. The summed E-state index contributed by atoms with van der Waals surface area (Å²) in [7, 11) is 5.99. The van der Waals surface area contributed by atoms with Crippen molar-refractivity contribution in [2.75, 3.05) is 47.5 Å². The molecule has 2 unspecified atom stereocenters. The van der Waals surface area contributed by atoms with Gasteiger partial charge in [-0.15, -0.1) is 0 Å². The van der Waals surface area contributed by atoms with Crippen LogP contribution < -0.4 is 0 Å². The number of carboxylic acids is 1. The van der Waals surface area contributed by atoms with E-state index in [1.54, 1.807) is 0 Å². The van der Waals surface area contributed by atoms with Gasteiger partial charge in [-0.1, -0.05) is 323 Å². The minimum atomic E-state index is -1.51. The van der Waals surface area contributed by atoms with Crippen molar-refractivity contribution in [3.63, 3.8) is 0 Å². The van der Waals surface area contributed by atoms with Crippen molar-refractivity contribution >= 4 is 17.9 Å². The first-order valence-electron chi connectivity index (χ1n) is 37.4. The Balaban J connectivity index is 4.03. The van der Waals surface area contributed by atoms with Gasteiger partial charge in [-0.25, -0.2) is 4.79 Å². The molecule has 2 atom stereocenters. The van der Waals surface area contributed by atoms with Gasteiger partial charge in [0.1, 0.15) is 13.2 Å². The first-order chi connectivity index (χ1) is 43.6. The Morgan fingerprint density at radius 1 is 0.348 bits per heavy atom. The number of carboxylic acid groups (broad SMARTS) is 1. The van der Waals surface area contributed by atoms with Crippen molar-refractivity contribution in [2.24, 2.45) is 0 Å². The van der Waals surface area contributed by atoms with E-state index >= 15 is 0 Å². The van der Waals surface area contributed by atoms with E-state index in [4.69, 9.17) is 18.9 Å². The molecule has 0 spiro atoms. The number of hydrogen-bond acceptors (Lipinski definition) is 7. The number of quaternary nitrogens is 1. The summed E-state index contributed by atoms with van der Waals surface area (Å²) in [6.07, 6.45) is 93.9. The van der Waals surface area contributed by atoms with Gasteiger partial charge in [-0.05, 0) is 96.3 Å². The molecule has 9 nitrogen and oxygen atoms in total. The number of hydrogen-bond donors (Lipinski definition) is 1. The average molecular weight is 1250 g/mol. The Kier molecular flexibility index (Phi) is 67.1. The van der Waals surface area contributed by atoms with Gasteiger partial charge in [0.05, 0.1) is 34.4 Å². The molecule has 0 bridgehead atoms. The van der Waals surface area contributed by atoms with E-state index in [-0.39, 0.29) is 32.2 Å². The number of likely N-dealkylation sites (N-methyl/N-ethyl adjacent to an activating group) is 1. The maximum Gasteiger partial charge on any atom is 0.361 e. The summed E-state index contributed by atoms with van der Waals surface area (Å²) in [5.74, 6) is -1.99. The number of carbonyl (C=O) groups is 3. The molecule has 0 fully saturated rings. The number of unbranched alkanes of at least 4 members (excludes halogenated alkanes) is 38. The molecule has 89 heavy (non-hydrogen) atoms. The highest BCUT2D eigenvalue weighted by molar-refractivity contribution is 5.71. The first-order valence-corrected chi connectivity index (χ1v) is 37.4. The highest BCUT2D eigenvalue weighted by Gasteiger charge is 2.25. The molecule has 0 saturated carbocycles. The number of esters is 2. The van der Waals surface area contributed by atoms with Crippen LogP contribution in [0.1, 0.15) is 335 Å². The Morgan fingerprint density at radius 2 is 0.640 bits per heavy atom. The predicted octanol–water partition coefficient (Wildman–Crippen LogP) is 23.6. The van der Waals surface area contributed by atoms with Crippen LogP contribution in [0.4, 0.5) is 0 Å². The van der Waals surface area contributed by atoms with Crippen LogP contribution >= 0.6 is 0 Å². The van der Waals surface area contributed by atoms with Crippen LogP contribution in [0.25, 0.3) is 0 Å². The molecule has 0 aromatic heterocycles. The lowest BCUT2D eigenvalue weighted by atomic mass is 10.0. The summed E-state index contributed by atoms with van der Waals surface area (Å²) in [5, 5.41) is 9.76. The Labute approximate surface area is 550 Å². The van der Waals surface area contributed by atoms with E-state index in [0.29, 0.717) is 17.4 Å². The second-order valence-corrected chi connectivity index (χ2v) is 26.2. The van der Waals surface area contributed by atoms with E-state index in [1.807, 2.05) is 21.1 Å². The maximum atomic E-state index is 13.0. The lowest BCUT2D eigenvalue weighted by molar-refractivity contribution is -0.870. The summed E-state index contributed by atoms with van der Waals surface area (Å²) < 4.78 is 23.0. The molecule has 9 heteroatoms. The molecule has 0 heterocycles. The fraction of sp³-hybridized carbons (Fsp3) is 0.762. The molecule has 0 rings (SSSR count). The van der Waals surface area contributed by atoms with Gasteiger partial charge >= 0.3 is 17.9 Å². The van der Waals surface area contributed by atoms with Gasteiger partial charge in [-0.2, -0.15) is 0 Å². The summed E-state index contributed by atoms with van der Waals surface area (Å²) in [4.78, 5) is 37.7. The number of nitrogens with zero attached hydrogens (tertiary/aromatic N) is 1. The number of allylic oxidation sites excluding steroid dienone is 16. The number of carbonyl (C=O) groups excluding carboxylic acids is 2. The van der Waals surface area contributed by atoms with Crippen molar-refractivity contribution in [3.8, 4) is 0 Å². The third-order valence-electron chi connectivity index (χ3n) is 16.3. The summed E-state index contributed by atoms with van der Waals surface area (Å²) in [6.45, 7) is 4.79. The molecule has 0 aromatic rings. The molecular weight excluding hydrogens is 1100 g/mol. The second-order valence-electron chi connectivity index (χ2n) is 26.2. The van der Waals surface area contributed by atoms with Gasteiger partial charge in [0.2, 0.25) is 0 Å². The fourth-order valence-electron chi connectivity index (χ4n) is 10.6. The van der Waals surface area contributed by atoms with Crippen LogP contribution in [0.15, 0.2) is 97.2 Å². The van der Waals surface area contributed by atoms with Crippen LogP contribution in [0.5, 0.6) is 0 Å². The predicted molar refractivity (Wildman–Crippen MR) is 382 cm³/mol. The SMILES string of the molecule is CC/C=C\C/C=C\C/C=C\C/C=C\C/C=C\C/C=C\CCCCCCCCCCCCCCCCCCCCCCC(=O)OC(COC(=O)CCCCCCCCCCCCCCC/C=C\C/C=C\CCCCCCC)COC(OCC[N+](C)(C)C)C(=O)O. The molecule has 0 radical (unpaired) electrons. The van der Waals surface area contributed by atoms with Crippen molar-refractivity contribution in [3.05, 3.63) is 97.2 Å². The molecule has 514 valence electrons. The highest BCUT2D eigenvalue weighted by atomic mass is 16.7. The van der Waals surface area contributed by atoms with E-state index in [2.05, 4.69) is 111 Å². The van der Waals surface area contributed by atoms with Crippen molar-refractivity contribution in [2.45, 2.75) is 347 Å². The third kappa shape index (κ3) is 71.5. The van der Waals surface area contributed by atoms with Crippen LogP contribution in [-0.2, 0) is 33.3 Å². The quantitative estimate of drug-likeness (QED) is 0.0211. The maximum absolute atomic E-state index is 13.0. The minimum Gasteiger partial charge on any atom is -0.477 e. The molecule has 0 saturated heterocycles. The second kappa shape index (κ2) is 70.1. The lowest BCUT2D eigenvalue weighted by Crippen LogP contribution is -2.40. The summed E-state index contributed by atoms with van der Waals surface area (Å²) in [5.41, 5.74) is 0. The first kappa shape index (κ1) is 85.2. The molecule has 0 amide bonds. The molecule has 0 aliphatic heterocycles. The normalized spacial score (nSPS) is 13.2. The topological polar surface area (TPSA) is 108 Å². The Morgan fingerprint density at radius 3 is 0.955 bits per heavy atom. The molecular formula is C80H142NO8+. The zero-order valence-electron chi connectivity index (χ0n) is 58.8. The Hall–Kier alpha value is -3.79. The molecule has 0 aromatic carbocycles. The number of rotatable bonds is 69. The largest absolute Gasteiger partial charge is 0.477 e. The van der Waals surface area contributed by atoms with Crippen molar-refractivity contribution < 1.29 is 42.9 Å². The van der Waals surface area contributed by atoms with E-state index in [9.17, 15) is 19.5 Å². The lowest BCUT2D eigenvalue weighted by Gasteiger charge is -2.25. The highest BCUT2D eigenvalue weighted by Crippen LogP contribution is 2.18. The summed E-state index contributed by atoms with van der Waals surface area (Å²) >= 11 is 0. The third-order valence-corrected chi connectivity index (χ3v) is 16.3. The Bertz CT molecular complexity index is 1790. The van der Waals surface area contributed by atoms with E-state index in [1.165, 1.54) is 225 Å².